The summed E-state index contributed by atoms with van der Waals surface area (Å²) in [5, 5.41) is 2.72. The molecule has 4 heteroatoms. The normalized spacial score (nSPS) is 10.1. The van der Waals surface area contributed by atoms with Crippen molar-refractivity contribution in [2.45, 2.75) is 6.92 Å². The van der Waals surface area contributed by atoms with Crippen LogP contribution in [0.25, 0.3) is 0 Å². The molecule has 0 saturated carbocycles. The van der Waals surface area contributed by atoms with Gasteiger partial charge in [-0.3, -0.25) is 4.79 Å². The van der Waals surface area contributed by atoms with Gasteiger partial charge in [0, 0.05) is 11.3 Å². The van der Waals surface area contributed by atoms with Gasteiger partial charge in [0.25, 0.3) is 5.91 Å². The fraction of sp³-hybridized carbons (Fsp3) is 0.0714. The summed E-state index contributed by atoms with van der Waals surface area (Å²) in [6, 6.07) is 11.3. The summed E-state index contributed by atoms with van der Waals surface area (Å²) >= 11 is 0. The van der Waals surface area contributed by atoms with E-state index in [4.69, 9.17) is 5.73 Å². The predicted molar refractivity (Wildman–Crippen MR) is 69.9 cm³/mol. The molecular formula is C14H13FN2O. The van der Waals surface area contributed by atoms with Gasteiger partial charge in [0.05, 0.1) is 5.69 Å². The zero-order valence-electron chi connectivity index (χ0n) is 9.91. The van der Waals surface area contributed by atoms with E-state index >= 15 is 0 Å². The number of nitrogen functional groups attached to an aromatic ring is 1. The highest BCUT2D eigenvalue weighted by atomic mass is 19.1. The first kappa shape index (κ1) is 12.1. The van der Waals surface area contributed by atoms with Crippen LogP contribution in [0.4, 0.5) is 15.8 Å². The molecule has 0 spiro atoms. The molecule has 2 rings (SSSR count). The molecule has 0 aromatic heterocycles. The summed E-state index contributed by atoms with van der Waals surface area (Å²) in [6.45, 7) is 1.96. The molecule has 0 aliphatic carbocycles. The van der Waals surface area contributed by atoms with Crippen LogP contribution in [0.2, 0.25) is 0 Å². The zero-order chi connectivity index (χ0) is 13.1. The standard InChI is InChI=1S/C14H13FN2O/c1-9-2-5-11(6-3-9)17-14(18)10-4-7-12(15)13(16)8-10/h2-8H,16H2,1H3,(H,17,18). The maximum Gasteiger partial charge on any atom is 0.255 e. The molecule has 0 saturated heterocycles. The highest BCUT2D eigenvalue weighted by Gasteiger charge is 2.08. The van der Waals surface area contributed by atoms with Gasteiger partial charge in [0.2, 0.25) is 0 Å². The van der Waals surface area contributed by atoms with Gasteiger partial charge in [0.1, 0.15) is 5.82 Å². The predicted octanol–water partition coefficient (Wildman–Crippen LogP) is 2.97. The lowest BCUT2D eigenvalue weighted by Crippen LogP contribution is -2.12. The molecule has 92 valence electrons. The lowest BCUT2D eigenvalue weighted by atomic mass is 10.1. The molecule has 0 radical (unpaired) electrons. The number of anilines is 2. The van der Waals surface area contributed by atoms with E-state index in [-0.39, 0.29) is 11.6 Å². The zero-order valence-corrected chi connectivity index (χ0v) is 9.91. The molecule has 0 bridgehead atoms. The van der Waals surface area contributed by atoms with Gasteiger partial charge in [-0.2, -0.15) is 0 Å². The minimum absolute atomic E-state index is 0.0356. The van der Waals surface area contributed by atoms with Crippen LogP contribution in [0.3, 0.4) is 0 Å². The molecule has 3 nitrogen and oxygen atoms in total. The Morgan fingerprint density at radius 2 is 1.83 bits per heavy atom. The number of nitrogens with one attached hydrogen (secondary N) is 1. The van der Waals surface area contributed by atoms with E-state index in [0.29, 0.717) is 11.3 Å². The molecule has 2 aromatic rings. The second kappa shape index (κ2) is 4.87. The van der Waals surface area contributed by atoms with E-state index in [1.807, 2.05) is 19.1 Å². The second-order valence-electron chi connectivity index (χ2n) is 4.06. The quantitative estimate of drug-likeness (QED) is 0.798. The molecule has 1 amide bonds. The van der Waals surface area contributed by atoms with E-state index in [0.717, 1.165) is 5.56 Å². The third kappa shape index (κ3) is 2.66. The summed E-state index contributed by atoms with van der Waals surface area (Å²) < 4.78 is 13.0. The number of benzene rings is 2. The van der Waals surface area contributed by atoms with Crippen molar-refractivity contribution in [1.29, 1.82) is 0 Å². The Hall–Kier alpha value is -2.36. The van der Waals surface area contributed by atoms with Crippen LogP contribution in [-0.2, 0) is 0 Å². The van der Waals surface area contributed by atoms with Crippen LogP contribution < -0.4 is 11.1 Å². The summed E-state index contributed by atoms with van der Waals surface area (Å²) in [5.74, 6) is -0.840. The first-order valence-corrected chi connectivity index (χ1v) is 5.49. The van der Waals surface area contributed by atoms with Gasteiger partial charge in [-0.15, -0.1) is 0 Å². The number of carbonyl (C=O) groups excluding carboxylic acids is 1. The maximum absolute atomic E-state index is 13.0. The van der Waals surface area contributed by atoms with E-state index in [9.17, 15) is 9.18 Å². The minimum atomic E-state index is -0.526. The van der Waals surface area contributed by atoms with Crippen molar-refractivity contribution in [2.24, 2.45) is 0 Å². The van der Waals surface area contributed by atoms with Crippen molar-refractivity contribution < 1.29 is 9.18 Å². The number of aryl methyl sites for hydroxylation is 1. The molecule has 0 atom stereocenters. The van der Waals surface area contributed by atoms with Crippen LogP contribution in [0, 0.1) is 12.7 Å². The smallest absolute Gasteiger partial charge is 0.255 e. The van der Waals surface area contributed by atoms with Gasteiger partial charge >= 0.3 is 0 Å². The van der Waals surface area contributed by atoms with Crippen molar-refractivity contribution >= 4 is 17.3 Å². The number of rotatable bonds is 2. The van der Waals surface area contributed by atoms with Crippen LogP contribution in [0.5, 0.6) is 0 Å². The first-order chi connectivity index (χ1) is 8.56. The SMILES string of the molecule is Cc1ccc(NC(=O)c2ccc(F)c(N)c2)cc1. The fourth-order valence-corrected chi connectivity index (χ4v) is 1.53. The van der Waals surface area contributed by atoms with E-state index in [2.05, 4.69) is 5.32 Å². The van der Waals surface area contributed by atoms with E-state index in [1.165, 1.54) is 18.2 Å². The van der Waals surface area contributed by atoms with Crippen LogP contribution in [-0.4, -0.2) is 5.91 Å². The van der Waals surface area contributed by atoms with Gasteiger partial charge < -0.3 is 11.1 Å². The molecule has 18 heavy (non-hydrogen) atoms. The van der Waals surface area contributed by atoms with E-state index < -0.39 is 5.82 Å². The Kier molecular flexibility index (Phi) is 3.28. The van der Waals surface area contributed by atoms with Crippen molar-refractivity contribution in [2.75, 3.05) is 11.1 Å². The highest BCUT2D eigenvalue weighted by Crippen LogP contribution is 2.15. The summed E-state index contributed by atoms with van der Waals surface area (Å²) in [7, 11) is 0. The van der Waals surface area contributed by atoms with Gasteiger partial charge in [-0.1, -0.05) is 17.7 Å². The third-order valence-corrected chi connectivity index (χ3v) is 2.57. The first-order valence-electron chi connectivity index (χ1n) is 5.49. The summed E-state index contributed by atoms with van der Waals surface area (Å²) in [4.78, 5) is 11.9. The number of carbonyl (C=O) groups is 1. The lowest BCUT2D eigenvalue weighted by molar-refractivity contribution is 0.102. The van der Waals surface area contributed by atoms with Crippen LogP contribution >= 0.6 is 0 Å². The van der Waals surface area contributed by atoms with Crippen molar-refractivity contribution in [1.82, 2.24) is 0 Å². The Balaban J connectivity index is 2.16. The largest absolute Gasteiger partial charge is 0.396 e. The Morgan fingerprint density at radius 3 is 2.44 bits per heavy atom. The molecule has 0 heterocycles. The van der Waals surface area contributed by atoms with Crippen LogP contribution in [0.15, 0.2) is 42.5 Å². The third-order valence-electron chi connectivity index (χ3n) is 2.57. The Labute approximate surface area is 104 Å². The average Bonchev–Trinajstić information content (AvgIpc) is 2.35. The summed E-state index contributed by atoms with van der Waals surface area (Å²) in [5.41, 5.74) is 7.51. The topological polar surface area (TPSA) is 55.1 Å². The Bertz CT molecular complexity index is 579. The molecule has 3 N–H and O–H groups in total. The van der Waals surface area contributed by atoms with Crippen LogP contribution in [0.1, 0.15) is 15.9 Å². The monoisotopic (exact) mass is 244 g/mol. The molecule has 0 unspecified atom stereocenters. The Morgan fingerprint density at radius 1 is 1.17 bits per heavy atom. The van der Waals surface area contributed by atoms with Gasteiger partial charge in [0.15, 0.2) is 0 Å². The fourth-order valence-electron chi connectivity index (χ4n) is 1.53. The molecular weight excluding hydrogens is 231 g/mol. The molecule has 0 aliphatic heterocycles. The highest BCUT2D eigenvalue weighted by molar-refractivity contribution is 6.04. The minimum Gasteiger partial charge on any atom is -0.396 e. The molecule has 0 fully saturated rings. The average molecular weight is 244 g/mol. The second-order valence-corrected chi connectivity index (χ2v) is 4.06. The van der Waals surface area contributed by atoms with Crippen molar-refractivity contribution in [3.05, 3.63) is 59.4 Å². The number of amides is 1. The van der Waals surface area contributed by atoms with Crippen molar-refractivity contribution in [3.8, 4) is 0 Å². The lowest BCUT2D eigenvalue weighted by Gasteiger charge is -2.06. The van der Waals surface area contributed by atoms with E-state index in [1.54, 1.807) is 12.1 Å². The number of hydrogen-bond acceptors (Lipinski definition) is 2. The van der Waals surface area contributed by atoms with Gasteiger partial charge in [-0.25, -0.2) is 4.39 Å². The molecule has 2 aromatic carbocycles. The van der Waals surface area contributed by atoms with Crippen molar-refractivity contribution in [3.63, 3.8) is 0 Å². The maximum atomic E-state index is 13.0. The van der Waals surface area contributed by atoms with Gasteiger partial charge in [-0.05, 0) is 37.3 Å². The number of halogens is 1. The molecule has 0 aliphatic rings. The number of hydrogen-bond donors (Lipinski definition) is 2. The number of nitrogens with two attached hydrogens (primary N) is 1. The summed E-state index contributed by atoms with van der Waals surface area (Å²) in [6.07, 6.45) is 0.